The van der Waals surface area contributed by atoms with Crippen molar-refractivity contribution in [1.29, 1.82) is 0 Å². The first kappa shape index (κ1) is 17.7. The SMILES string of the molecule is CNC(=O)CNC(=O)c1cccc(CNC(=O)C(C)(C)C)c1. The second-order valence-corrected chi connectivity index (χ2v) is 5.99. The number of likely N-dealkylation sites (N-methyl/N-ethyl adjacent to an activating group) is 1. The van der Waals surface area contributed by atoms with Gasteiger partial charge in [-0.05, 0) is 17.7 Å². The zero-order valence-corrected chi connectivity index (χ0v) is 13.4. The van der Waals surface area contributed by atoms with Crippen molar-refractivity contribution in [2.75, 3.05) is 13.6 Å². The highest BCUT2D eigenvalue weighted by Gasteiger charge is 2.20. The Morgan fingerprint density at radius 3 is 2.36 bits per heavy atom. The number of hydrogen-bond acceptors (Lipinski definition) is 3. The molecule has 0 aliphatic rings. The van der Waals surface area contributed by atoms with Gasteiger partial charge in [-0.2, -0.15) is 0 Å². The Morgan fingerprint density at radius 2 is 1.77 bits per heavy atom. The highest BCUT2D eigenvalue weighted by atomic mass is 16.2. The van der Waals surface area contributed by atoms with E-state index >= 15 is 0 Å². The molecule has 0 spiro atoms. The van der Waals surface area contributed by atoms with E-state index in [0.717, 1.165) is 5.56 Å². The molecule has 0 saturated heterocycles. The Hall–Kier alpha value is -2.37. The standard InChI is InChI=1S/C16H23N3O3/c1-16(2,3)15(22)19-9-11-6-5-7-12(8-11)14(21)18-10-13(20)17-4/h5-8H,9-10H2,1-4H3,(H,17,20)(H,18,21)(H,19,22). The quantitative estimate of drug-likeness (QED) is 0.753. The molecule has 6 heteroatoms. The lowest BCUT2D eigenvalue weighted by Crippen LogP contribution is -2.35. The molecule has 0 aliphatic carbocycles. The van der Waals surface area contributed by atoms with Gasteiger partial charge >= 0.3 is 0 Å². The van der Waals surface area contributed by atoms with Crippen LogP contribution in [0.3, 0.4) is 0 Å². The summed E-state index contributed by atoms with van der Waals surface area (Å²) in [5.74, 6) is -0.642. The molecule has 3 amide bonds. The van der Waals surface area contributed by atoms with E-state index in [1.807, 2.05) is 26.8 Å². The topological polar surface area (TPSA) is 87.3 Å². The summed E-state index contributed by atoms with van der Waals surface area (Å²) in [6.45, 7) is 5.80. The van der Waals surface area contributed by atoms with Crippen molar-refractivity contribution in [2.45, 2.75) is 27.3 Å². The summed E-state index contributed by atoms with van der Waals surface area (Å²) in [4.78, 5) is 34.9. The molecule has 0 heterocycles. The first-order valence-corrected chi connectivity index (χ1v) is 7.10. The molecule has 1 aromatic carbocycles. The van der Waals surface area contributed by atoms with Crippen LogP contribution in [0.5, 0.6) is 0 Å². The first-order chi connectivity index (χ1) is 10.2. The van der Waals surface area contributed by atoms with E-state index in [9.17, 15) is 14.4 Å². The van der Waals surface area contributed by atoms with Crippen LogP contribution in [0.2, 0.25) is 0 Å². The van der Waals surface area contributed by atoms with Gasteiger partial charge in [0.25, 0.3) is 5.91 Å². The summed E-state index contributed by atoms with van der Waals surface area (Å²) in [6, 6.07) is 6.93. The maximum absolute atomic E-state index is 11.9. The number of benzene rings is 1. The van der Waals surface area contributed by atoms with Gasteiger partial charge in [-0.3, -0.25) is 14.4 Å². The van der Waals surface area contributed by atoms with Gasteiger partial charge in [0.15, 0.2) is 0 Å². The molecule has 6 nitrogen and oxygen atoms in total. The number of amides is 3. The molecular formula is C16H23N3O3. The fourth-order valence-electron chi connectivity index (χ4n) is 1.62. The maximum atomic E-state index is 11.9. The summed E-state index contributed by atoms with van der Waals surface area (Å²) in [6.07, 6.45) is 0. The number of carbonyl (C=O) groups excluding carboxylic acids is 3. The van der Waals surface area contributed by atoms with E-state index in [2.05, 4.69) is 16.0 Å². The van der Waals surface area contributed by atoms with Gasteiger partial charge in [-0.1, -0.05) is 32.9 Å². The second kappa shape index (κ2) is 7.59. The van der Waals surface area contributed by atoms with Crippen molar-refractivity contribution < 1.29 is 14.4 Å². The van der Waals surface area contributed by atoms with Crippen molar-refractivity contribution in [3.05, 3.63) is 35.4 Å². The zero-order chi connectivity index (χ0) is 16.8. The molecule has 3 N–H and O–H groups in total. The highest BCUT2D eigenvalue weighted by molar-refractivity contribution is 5.96. The van der Waals surface area contributed by atoms with Crippen molar-refractivity contribution in [1.82, 2.24) is 16.0 Å². The van der Waals surface area contributed by atoms with Crippen molar-refractivity contribution in [2.24, 2.45) is 5.41 Å². The minimum Gasteiger partial charge on any atom is -0.358 e. The monoisotopic (exact) mass is 305 g/mol. The summed E-state index contributed by atoms with van der Waals surface area (Å²) in [5, 5.41) is 7.79. The molecule has 0 saturated carbocycles. The Balaban J connectivity index is 2.64. The van der Waals surface area contributed by atoms with Crippen LogP contribution in [0.25, 0.3) is 0 Å². The van der Waals surface area contributed by atoms with Gasteiger partial charge in [0.1, 0.15) is 0 Å². The van der Waals surface area contributed by atoms with E-state index in [0.29, 0.717) is 12.1 Å². The fraction of sp³-hybridized carbons (Fsp3) is 0.438. The van der Waals surface area contributed by atoms with Crippen molar-refractivity contribution in [3.63, 3.8) is 0 Å². The van der Waals surface area contributed by atoms with Gasteiger partial charge in [0.2, 0.25) is 11.8 Å². The van der Waals surface area contributed by atoms with Gasteiger partial charge < -0.3 is 16.0 Å². The number of rotatable bonds is 5. The van der Waals surface area contributed by atoms with Crippen LogP contribution in [0.15, 0.2) is 24.3 Å². The molecular weight excluding hydrogens is 282 g/mol. The van der Waals surface area contributed by atoms with Crippen LogP contribution < -0.4 is 16.0 Å². The first-order valence-electron chi connectivity index (χ1n) is 7.10. The third-order valence-corrected chi connectivity index (χ3v) is 3.01. The lowest BCUT2D eigenvalue weighted by molar-refractivity contribution is -0.128. The maximum Gasteiger partial charge on any atom is 0.251 e. The average molecular weight is 305 g/mol. The predicted octanol–water partition coefficient (Wildman–Crippen LogP) is 0.825. The van der Waals surface area contributed by atoms with Crippen LogP contribution in [-0.4, -0.2) is 31.3 Å². The Kier molecular flexibility index (Phi) is 6.10. The summed E-state index contributed by atoms with van der Waals surface area (Å²) in [7, 11) is 1.51. The Labute approximate surface area is 130 Å². The van der Waals surface area contributed by atoms with E-state index in [1.54, 1.807) is 18.2 Å². The molecule has 0 atom stereocenters. The second-order valence-electron chi connectivity index (χ2n) is 5.99. The predicted molar refractivity (Wildman–Crippen MR) is 84.1 cm³/mol. The summed E-state index contributed by atoms with van der Waals surface area (Å²) >= 11 is 0. The molecule has 0 aliphatic heterocycles. The van der Waals surface area contributed by atoms with Gasteiger partial charge in [-0.25, -0.2) is 0 Å². The van der Waals surface area contributed by atoms with Crippen LogP contribution in [-0.2, 0) is 16.1 Å². The molecule has 0 fully saturated rings. The van der Waals surface area contributed by atoms with Crippen LogP contribution in [0.4, 0.5) is 0 Å². The van der Waals surface area contributed by atoms with Crippen molar-refractivity contribution >= 4 is 17.7 Å². The summed E-state index contributed by atoms with van der Waals surface area (Å²) in [5.41, 5.74) is 0.819. The third kappa shape index (κ3) is 5.55. The van der Waals surface area contributed by atoms with Crippen molar-refractivity contribution in [3.8, 4) is 0 Å². The third-order valence-electron chi connectivity index (χ3n) is 3.01. The lowest BCUT2D eigenvalue weighted by Gasteiger charge is -2.17. The fourth-order valence-corrected chi connectivity index (χ4v) is 1.62. The van der Waals surface area contributed by atoms with E-state index in [4.69, 9.17) is 0 Å². The molecule has 1 rings (SSSR count). The Bertz CT molecular complexity index is 562. The normalized spacial score (nSPS) is 10.7. The van der Waals surface area contributed by atoms with E-state index in [1.165, 1.54) is 7.05 Å². The Morgan fingerprint density at radius 1 is 1.09 bits per heavy atom. The van der Waals surface area contributed by atoms with Gasteiger partial charge in [-0.15, -0.1) is 0 Å². The minimum atomic E-state index is -0.456. The van der Waals surface area contributed by atoms with E-state index in [-0.39, 0.29) is 24.3 Å². The van der Waals surface area contributed by atoms with Crippen LogP contribution >= 0.6 is 0 Å². The highest BCUT2D eigenvalue weighted by Crippen LogP contribution is 2.13. The summed E-state index contributed by atoms with van der Waals surface area (Å²) < 4.78 is 0. The average Bonchev–Trinajstić information content (AvgIpc) is 2.49. The molecule has 22 heavy (non-hydrogen) atoms. The molecule has 120 valence electrons. The number of hydrogen-bond donors (Lipinski definition) is 3. The van der Waals surface area contributed by atoms with Crippen LogP contribution in [0, 0.1) is 5.41 Å². The smallest absolute Gasteiger partial charge is 0.251 e. The lowest BCUT2D eigenvalue weighted by atomic mass is 9.95. The zero-order valence-electron chi connectivity index (χ0n) is 13.4. The number of carbonyl (C=O) groups is 3. The van der Waals surface area contributed by atoms with Crippen LogP contribution in [0.1, 0.15) is 36.7 Å². The minimum absolute atomic E-state index is 0.0537. The molecule has 1 aromatic rings. The molecule has 0 bridgehead atoms. The molecule has 0 radical (unpaired) electrons. The molecule has 0 unspecified atom stereocenters. The number of nitrogens with one attached hydrogen (secondary N) is 3. The van der Waals surface area contributed by atoms with Gasteiger partial charge in [0, 0.05) is 24.6 Å². The van der Waals surface area contributed by atoms with E-state index < -0.39 is 5.41 Å². The molecule has 0 aromatic heterocycles. The van der Waals surface area contributed by atoms with Gasteiger partial charge in [0.05, 0.1) is 6.54 Å². The largest absolute Gasteiger partial charge is 0.358 e.